The second-order valence-corrected chi connectivity index (χ2v) is 3.25. The molecule has 0 radical (unpaired) electrons. The molecule has 1 heterocycles. The van der Waals surface area contributed by atoms with Crippen molar-refractivity contribution in [2.24, 2.45) is 0 Å². The van der Waals surface area contributed by atoms with E-state index in [0.29, 0.717) is 0 Å². The van der Waals surface area contributed by atoms with Crippen molar-refractivity contribution >= 4 is 5.69 Å². The van der Waals surface area contributed by atoms with E-state index in [1.165, 1.54) is 24.5 Å². The number of hydrogen-bond acceptors (Lipinski definition) is 3. The quantitative estimate of drug-likeness (QED) is 0.595. The van der Waals surface area contributed by atoms with Gasteiger partial charge in [0.15, 0.2) is 0 Å². The second-order valence-electron chi connectivity index (χ2n) is 3.25. The van der Waals surface area contributed by atoms with Gasteiger partial charge in [-0.1, -0.05) is 6.07 Å². The van der Waals surface area contributed by atoms with Gasteiger partial charge < -0.3 is 0 Å². The van der Waals surface area contributed by atoms with Gasteiger partial charge in [0.2, 0.25) is 5.82 Å². The van der Waals surface area contributed by atoms with Gasteiger partial charge in [-0.05, 0) is 12.1 Å². The number of nitro benzene ring substituents is 1. The summed E-state index contributed by atoms with van der Waals surface area (Å²) in [7, 11) is 0. The lowest BCUT2D eigenvalue weighted by molar-refractivity contribution is -0.387. The minimum Gasteiger partial charge on any atom is -0.264 e. The zero-order valence-electron chi connectivity index (χ0n) is 8.43. The molecule has 0 aliphatic carbocycles. The summed E-state index contributed by atoms with van der Waals surface area (Å²) in [4.78, 5) is 13.4. The number of nitro groups is 1. The van der Waals surface area contributed by atoms with Crippen LogP contribution in [0.3, 0.4) is 0 Å². The molecule has 1 aromatic carbocycles. The molecule has 17 heavy (non-hydrogen) atoms. The number of hydrogen-bond donors (Lipinski definition) is 0. The van der Waals surface area contributed by atoms with Gasteiger partial charge in [-0.3, -0.25) is 15.1 Å². The van der Waals surface area contributed by atoms with Gasteiger partial charge >= 0.3 is 5.69 Å². The number of rotatable bonds is 2. The van der Waals surface area contributed by atoms with Gasteiger partial charge in [-0.25, -0.2) is 4.39 Å². The van der Waals surface area contributed by atoms with E-state index in [1.54, 1.807) is 0 Å². The van der Waals surface area contributed by atoms with Gasteiger partial charge in [-0.2, -0.15) is 4.39 Å². The summed E-state index contributed by atoms with van der Waals surface area (Å²) in [6.45, 7) is 0. The van der Waals surface area contributed by atoms with Crippen LogP contribution in [0.5, 0.6) is 0 Å². The van der Waals surface area contributed by atoms with Crippen LogP contribution in [-0.2, 0) is 0 Å². The zero-order chi connectivity index (χ0) is 12.4. The van der Waals surface area contributed by atoms with E-state index in [0.717, 1.165) is 12.1 Å². The molecule has 2 rings (SSSR count). The van der Waals surface area contributed by atoms with Crippen LogP contribution in [0.4, 0.5) is 14.5 Å². The minimum atomic E-state index is -1.19. The average molecular weight is 236 g/mol. The third-order valence-corrected chi connectivity index (χ3v) is 2.22. The first-order chi connectivity index (χ1) is 8.11. The van der Waals surface area contributed by atoms with E-state index >= 15 is 0 Å². The molecule has 1 aromatic heterocycles. The van der Waals surface area contributed by atoms with Crippen LogP contribution in [0, 0.1) is 21.7 Å². The summed E-state index contributed by atoms with van der Waals surface area (Å²) in [5, 5.41) is 10.5. The molecule has 0 saturated heterocycles. The summed E-state index contributed by atoms with van der Waals surface area (Å²) < 4.78 is 27.2. The summed E-state index contributed by atoms with van der Waals surface area (Å²) in [6.07, 6.45) is 2.68. The summed E-state index contributed by atoms with van der Waals surface area (Å²) in [5.74, 6) is -2.05. The van der Waals surface area contributed by atoms with Crippen LogP contribution in [0.1, 0.15) is 0 Å². The van der Waals surface area contributed by atoms with Crippen LogP contribution in [0.15, 0.2) is 36.7 Å². The Labute approximate surface area is 94.7 Å². The fourth-order valence-corrected chi connectivity index (χ4v) is 1.46. The zero-order valence-corrected chi connectivity index (χ0v) is 8.43. The first-order valence-corrected chi connectivity index (χ1v) is 4.64. The molecule has 0 bridgehead atoms. The van der Waals surface area contributed by atoms with E-state index < -0.39 is 27.8 Å². The Morgan fingerprint density at radius 1 is 1.24 bits per heavy atom. The van der Waals surface area contributed by atoms with Gasteiger partial charge in [0.25, 0.3) is 0 Å². The highest BCUT2D eigenvalue weighted by molar-refractivity contribution is 5.67. The van der Waals surface area contributed by atoms with Crippen LogP contribution in [0.2, 0.25) is 0 Å². The molecule has 2 aromatic rings. The average Bonchev–Trinajstić information content (AvgIpc) is 2.30. The molecule has 0 aliphatic rings. The molecule has 0 N–H and O–H groups in total. The van der Waals surface area contributed by atoms with Crippen LogP contribution in [0.25, 0.3) is 11.1 Å². The lowest BCUT2D eigenvalue weighted by atomic mass is 10.1. The first-order valence-electron chi connectivity index (χ1n) is 4.64. The molecule has 6 heteroatoms. The number of benzene rings is 1. The number of nitrogens with zero attached hydrogens (tertiary/aromatic N) is 2. The Bertz CT molecular complexity index is 573. The number of halogens is 2. The molecule has 0 aliphatic heterocycles. The largest absolute Gasteiger partial charge is 0.305 e. The summed E-state index contributed by atoms with van der Waals surface area (Å²) >= 11 is 0. The van der Waals surface area contributed by atoms with Crippen molar-refractivity contribution < 1.29 is 13.7 Å². The fourth-order valence-electron chi connectivity index (χ4n) is 1.46. The Balaban J connectivity index is 2.69. The molecule has 0 fully saturated rings. The Morgan fingerprint density at radius 2 is 2.00 bits per heavy atom. The minimum absolute atomic E-state index is 0.159. The van der Waals surface area contributed by atoms with Crippen LogP contribution in [-0.4, -0.2) is 9.91 Å². The molecule has 0 amide bonds. The van der Waals surface area contributed by atoms with Crippen molar-refractivity contribution in [1.82, 2.24) is 4.98 Å². The summed E-state index contributed by atoms with van der Waals surface area (Å²) in [5.41, 5.74) is -1.04. The molecule has 86 valence electrons. The number of aromatic nitrogens is 1. The van der Waals surface area contributed by atoms with Crippen molar-refractivity contribution in [3.8, 4) is 11.1 Å². The normalized spacial score (nSPS) is 10.2. The SMILES string of the molecule is O=[N+]([O-])c1ccc(F)c(-c2cccnc2)c1F. The van der Waals surface area contributed by atoms with E-state index in [1.807, 2.05) is 0 Å². The Kier molecular flexibility index (Phi) is 2.78. The second kappa shape index (κ2) is 4.25. The van der Waals surface area contributed by atoms with E-state index in [2.05, 4.69) is 4.98 Å². The molecule has 0 spiro atoms. The lowest BCUT2D eigenvalue weighted by Gasteiger charge is -2.04. The third-order valence-electron chi connectivity index (χ3n) is 2.22. The fraction of sp³-hybridized carbons (Fsp3) is 0. The van der Waals surface area contributed by atoms with Crippen molar-refractivity contribution in [2.45, 2.75) is 0 Å². The molecule has 0 atom stereocenters. The van der Waals surface area contributed by atoms with Crippen molar-refractivity contribution in [1.29, 1.82) is 0 Å². The predicted molar refractivity (Wildman–Crippen MR) is 56.2 cm³/mol. The maximum Gasteiger partial charge on any atom is 0.305 e. The van der Waals surface area contributed by atoms with Crippen molar-refractivity contribution in [3.63, 3.8) is 0 Å². The van der Waals surface area contributed by atoms with Crippen molar-refractivity contribution in [2.75, 3.05) is 0 Å². The topological polar surface area (TPSA) is 56.0 Å². The Morgan fingerprint density at radius 3 is 2.59 bits per heavy atom. The van der Waals surface area contributed by atoms with E-state index in [-0.39, 0.29) is 5.56 Å². The maximum absolute atomic E-state index is 13.8. The highest BCUT2D eigenvalue weighted by atomic mass is 19.1. The summed E-state index contributed by atoms with van der Waals surface area (Å²) in [6, 6.07) is 4.58. The smallest absolute Gasteiger partial charge is 0.264 e. The van der Waals surface area contributed by atoms with Gasteiger partial charge in [0.05, 0.1) is 10.5 Å². The van der Waals surface area contributed by atoms with Gasteiger partial charge in [0, 0.05) is 24.0 Å². The lowest BCUT2D eigenvalue weighted by Crippen LogP contribution is -1.97. The third kappa shape index (κ3) is 1.96. The molecule has 0 unspecified atom stereocenters. The van der Waals surface area contributed by atoms with Gasteiger partial charge in [-0.15, -0.1) is 0 Å². The predicted octanol–water partition coefficient (Wildman–Crippen LogP) is 2.94. The molecule has 0 saturated carbocycles. The van der Waals surface area contributed by atoms with Gasteiger partial charge in [0.1, 0.15) is 5.82 Å². The Hall–Kier alpha value is -2.37. The highest BCUT2D eigenvalue weighted by Crippen LogP contribution is 2.30. The monoisotopic (exact) mass is 236 g/mol. The highest BCUT2D eigenvalue weighted by Gasteiger charge is 2.22. The standard InChI is InChI=1S/C11H6F2N2O2/c12-8-3-4-9(15(16)17)11(13)10(8)7-2-1-5-14-6-7/h1-6H. The van der Waals surface area contributed by atoms with E-state index in [4.69, 9.17) is 0 Å². The molecule has 4 nitrogen and oxygen atoms in total. The molecular weight excluding hydrogens is 230 g/mol. The maximum atomic E-state index is 13.8. The molecular formula is C11H6F2N2O2. The first kappa shape index (κ1) is 11.1. The van der Waals surface area contributed by atoms with Crippen molar-refractivity contribution in [3.05, 3.63) is 58.4 Å². The number of pyridine rings is 1. The van der Waals surface area contributed by atoms with E-state index in [9.17, 15) is 18.9 Å². The van der Waals surface area contributed by atoms with Crippen LogP contribution < -0.4 is 0 Å². The van der Waals surface area contributed by atoms with Crippen LogP contribution >= 0.6 is 0 Å².